The van der Waals surface area contributed by atoms with E-state index in [-0.39, 0.29) is 24.2 Å². The van der Waals surface area contributed by atoms with Crippen molar-refractivity contribution in [2.75, 3.05) is 25.0 Å². The van der Waals surface area contributed by atoms with Gasteiger partial charge in [0.25, 0.3) is 0 Å². The Morgan fingerprint density at radius 3 is 2.31 bits per heavy atom. The highest BCUT2D eigenvalue weighted by atomic mass is 19.1. The zero-order valence-electron chi connectivity index (χ0n) is 17.1. The van der Waals surface area contributed by atoms with Crippen LogP contribution in [0.3, 0.4) is 0 Å². The lowest BCUT2D eigenvalue weighted by molar-refractivity contribution is -0.142. The third-order valence-corrected chi connectivity index (χ3v) is 4.13. The van der Waals surface area contributed by atoms with Crippen molar-refractivity contribution in [3.05, 3.63) is 29.8 Å². The van der Waals surface area contributed by atoms with Gasteiger partial charge in [-0.25, -0.2) is 4.39 Å². The average molecular weight is 409 g/mol. The molecule has 0 radical (unpaired) electrons. The van der Waals surface area contributed by atoms with E-state index in [1.807, 2.05) is 0 Å². The summed E-state index contributed by atoms with van der Waals surface area (Å²) in [5.74, 6) is -3.24. The number of Topliss-reactive ketones (excluding diaryl/α,β-unsaturated/α-hetero) is 1. The molecule has 0 spiro atoms. The highest BCUT2D eigenvalue weighted by Gasteiger charge is 2.29. The predicted molar refractivity (Wildman–Crippen MR) is 106 cm³/mol. The van der Waals surface area contributed by atoms with Crippen LogP contribution < -0.4 is 10.6 Å². The minimum absolute atomic E-state index is 0.179. The Bertz CT molecular complexity index is 761. The third-order valence-electron chi connectivity index (χ3n) is 4.13. The van der Waals surface area contributed by atoms with Gasteiger partial charge in [0, 0.05) is 16.8 Å². The normalized spacial score (nSPS) is 12.1. The molecule has 8 nitrogen and oxygen atoms in total. The van der Waals surface area contributed by atoms with Gasteiger partial charge in [-0.3, -0.25) is 19.2 Å². The van der Waals surface area contributed by atoms with Crippen molar-refractivity contribution in [1.29, 1.82) is 0 Å². The number of amides is 3. The van der Waals surface area contributed by atoms with Crippen LogP contribution in [0.1, 0.15) is 45.9 Å². The van der Waals surface area contributed by atoms with Gasteiger partial charge in [0.15, 0.2) is 5.78 Å². The molecular weight excluding hydrogens is 381 g/mol. The standard InChI is InChI=1S/C20H28FN3O5/c1-5-15(21)14-8-6-7-9-16(14)23-19(29)18(28)22-10-17(27)24(20(2,3)4)11-13(26)12-25/h6-9,15,25H,5,10-12H2,1-4H3,(H,22,28)(H,23,29). The van der Waals surface area contributed by atoms with Crippen LogP contribution in [0.15, 0.2) is 24.3 Å². The molecule has 29 heavy (non-hydrogen) atoms. The Labute approximate surface area is 169 Å². The molecule has 0 heterocycles. The molecule has 3 N–H and O–H groups in total. The molecular formula is C20H28FN3O5. The van der Waals surface area contributed by atoms with Gasteiger partial charge in [0.05, 0.1) is 13.1 Å². The van der Waals surface area contributed by atoms with Gasteiger partial charge in [-0.2, -0.15) is 0 Å². The predicted octanol–water partition coefficient (Wildman–Crippen LogP) is 1.35. The Kier molecular flexibility index (Phi) is 8.90. The van der Waals surface area contributed by atoms with Crippen molar-refractivity contribution in [3.63, 3.8) is 0 Å². The zero-order chi connectivity index (χ0) is 22.2. The highest BCUT2D eigenvalue weighted by molar-refractivity contribution is 6.40. The van der Waals surface area contributed by atoms with E-state index < -0.39 is 48.4 Å². The number of aliphatic hydroxyl groups is 1. The summed E-state index contributed by atoms with van der Waals surface area (Å²) in [6.45, 7) is 5.21. The summed E-state index contributed by atoms with van der Waals surface area (Å²) in [5, 5.41) is 13.5. The number of para-hydroxylation sites is 1. The summed E-state index contributed by atoms with van der Waals surface area (Å²) >= 11 is 0. The molecule has 1 aromatic rings. The third kappa shape index (κ3) is 7.26. The first-order chi connectivity index (χ1) is 13.5. The van der Waals surface area contributed by atoms with E-state index in [0.717, 1.165) is 0 Å². The number of hydrogen-bond donors (Lipinski definition) is 3. The largest absolute Gasteiger partial charge is 0.389 e. The molecule has 1 aromatic carbocycles. The number of ketones is 1. The fourth-order valence-corrected chi connectivity index (χ4v) is 2.54. The second-order valence-corrected chi connectivity index (χ2v) is 7.45. The van der Waals surface area contributed by atoms with Crippen LogP contribution in [0.25, 0.3) is 0 Å². The maximum atomic E-state index is 14.0. The zero-order valence-corrected chi connectivity index (χ0v) is 17.1. The maximum Gasteiger partial charge on any atom is 0.313 e. The molecule has 9 heteroatoms. The number of hydrogen-bond acceptors (Lipinski definition) is 5. The molecule has 160 valence electrons. The summed E-state index contributed by atoms with van der Waals surface area (Å²) in [6.07, 6.45) is -1.08. The smallest absolute Gasteiger partial charge is 0.313 e. The number of aliphatic hydroxyl groups excluding tert-OH is 1. The number of benzene rings is 1. The summed E-state index contributed by atoms with van der Waals surface area (Å²) in [5.41, 5.74) is -0.295. The first-order valence-corrected chi connectivity index (χ1v) is 9.26. The molecule has 1 unspecified atom stereocenters. The molecule has 0 bridgehead atoms. The van der Waals surface area contributed by atoms with Gasteiger partial charge in [0.1, 0.15) is 12.8 Å². The lowest BCUT2D eigenvalue weighted by Gasteiger charge is -2.35. The number of nitrogens with one attached hydrogen (secondary N) is 2. The van der Waals surface area contributed by atoms with Gasteiger partial charge in [-0.05, 0) is 33.3 Å². The summed E-state index contributed by atoms with van der Waals surface area (Å²) in [6, 6.07) is 6.23. The first-order valence-electron chi connectivity index (χ1n) is 9.26. The van der Waals surface area contributed by atoms with E-state index in [4.69, 9.17) is 5.11 Å². The number of nitrogens with zero attached hydrogens (tertiary/aromatic N) is 1. The van der Waals surface area contributed by atoms with E-state index in [9.17, 15) is 23.6 Å². The molecule has 0 aliphatic carbocycles. The minimum Gasteiger partial charge on any atom is -0.389 e. The van der Waals surface area contributed by atoms with Crippen molar-refractivity contribution in [2.45, 2.75) is 45.8 Å². The van der Waals surface area contributed by atoms with Crippen molar-refractivity contribution >= 4 is 29.2 Å². The lowest BCUT2D eigenvalue weighted by Crippen LogP contribution is -2.52. The summed E-state index contributed by atoms with van der Waals surface area (Å²) < 4.78 is 14.0. The SMILES string of the molecule is CCC(F)c1ccccc1NC(=O)C(=O)NCC(=O)N(CC(=O)CO)C(C)(C)C. The Morgan fingerprint density at radius 2 is 1.76 bits per heavy atom. The number of anilines is 1. The monoisotopic (exact) mass is 409 g/mol. The van der Waals surface area contributed by atoms with Crippen molar-refractivity contribution in [1.82, 2.24) is 10.2 Å². The van der Waals surface area contributed by atoms with Crippen LogP contribution >= 0.6 is 0 Å². The number of alkyl halides is 1. The molecule has 1 atom stereocenters. The summed E-state index contributed by atoms with van der Waals surface area (Å²) in [7, 11) is 0. The van der Waals surface area contributed by atoms with Crippen LogP contribution in [0.4, 0.5) is 10.1 Å². The maximum absolute atomic E-state index is 14.0. The second kappa shape index (κ2) is 10.7. The molecule has 0 aromatic heterocycles. The molecule has 0 saturated carbocycles. The van der Waals surface area contributed by atoms with E-state index in [1.54, 1.807) is 39.8 Å². The molecule has 1 rings (SSSR count). The Morgan fingerprint density at radius 1 is 1.14 bits per heavy atom. The molecule has 0 saturated heterocycles. The van der Waals surface area contributed by atoms with E-state index in [0.29, 0.717) is 0 Å². The number of carbonyl (C=O) groups is 4. The number of halogens is 1. The fourth-order valence-electron chi connectivity index (χ4n) is 2.54. The Balaban J connectivity index is 2.75. The van der Waals surface area contributed by atoms with Gasteiger partial charge in [-0.1, -0.05) is 25.1 Å². The first kappa shape index (κ1) is 24.2. The van der Waals surface area contributed by atoms with Crippen LogP contribution in [-0.2, 0) is 19.2 Å². The number of carbonyl (C=O) groups excluding carboxylic acids is 4. The number of rotatable bonds is 8. The molecule has 0 aliphatic rings. The minimum atomic E-state index is -1.29. The molecule has 0 aliphatic heterocycles. The average Bonchev–Trinajstić information content (AvgIpc) is 2.68. The van der Waals surface area contributed by atoms with Gasteiger partial charge < -0.3 is 20.6 Å². The van der Waals surface area contributed by atoms with Gasteiger partial charge in [-0.15, -0.1) is 0 Å². The van der Waals surface area contributed by atoms with Crippen LogP contribution in [0.5, 0.6) is 0 Å². The van der Waals surface area contributed by atoms with E-state index in [1.165, 1.54) is 17.0 Å². The van der Waals surface area contributed by atoms with E-state index >= 15 is 0 Å². The van der Waals surface area contributed by atoms with Crippen LogP contribution in [0.2, 0.25) is 0 Å². The van der Waals surface area contributed by atoms with Crippen LogP contribution in [-0.4, -0.2) is 58.7 Å². The highest BCUT2D eigenvalue weighted by Crippen LogP contribution is 2.27. The quantitative estimate of drug-likeness (QED) is 0.561. The van der Waals surface area contributed by atoms with Gasteiger partial charge in [0.2, 0.25) is 5.91 Å². The molecule has 0 fully saturated rings. The molecule has 3 amide bonds. The van der Waals surface area contributed by atoms with Crippen molar-refractivity contribution in [2.24, 2.45) is 0 Å². The van der Waals surface area contributed by atoms with Crippen molar-refractivity contribution in [3.8, 4) is 0 Å². The topological polar surface area (TPSA) is 116 Å². The van der Waals surface area contributed by atoms with E-state index in [2.05, 4.69) is 10.6 Å². The fraction of sp³-hybridized carbons (Fsp3) is 0.500. The second-order valence-electron chi connectivity index (χ2n) is 7.45. The van der Waals surface area contributed by atoms with Crippen LogP contribution in [0, 0.1) is 0 Å². The Hall–Kier alpha value is -2.81. The van der Waals surface area contributed by atoms with Gasteiger partial charge >= 0.3 is 11.8 Å². The van der Waals surface area contributed by atoms with Crippen molar-refractivity contribution < 1.29 is 28.7 Å². The summed E-state index contributed by atoms with van der Waals surface area (Å²) in [4.78, 5) is 49.3. The lowest BCUT2D eigenvalue weighted by atomic mass is 10.1.